The van der Waals surface area contributed by atoms with Crippen LogP contribution in [0.1, 0.15) is 12.5 Å². The first-order valence-electron chi connectivity index (χ1n) is 4.83. The zero-order valence-electron chi connectivity index (χ0n) is 8.44. The highest BCUT2D eigenvalue weighted by Gasteiger charge is 2.38. The first kappa shape index (κ1) is 10.9. The van der Waals surface area contributed by atoms with Crippen LogP contribution in [-0.4, -0.2) is 24.4 Å². The summed E-state index contributed by atoms with van der Waals surface area (Å²) in [6, 6.07) is 7.31. The highest BCUT2D eigenvalue weighted by molar-refractivity contribution is 6.30. The monoisotopic (exact) mass is 228 g/mol. The van der Waals surface area contributed by atoms with E-state index in [4.69, 9.17) is 26.2 Å². The lowest BCUT2D eigenvalue weighted by atomic mass is 10.1. The molecule has 0 aromatic heterocycles. The minimum atomic E-state index is -0.766. The van der Waals surface area contributed by atoms with Crippen LogP contribution in [0.15, 0.2) is 24.3 Å². The van der Waals surface area contributed by atoms with Gasteiger partial charge in [0.15, 0.2) is 5.79 Å². The van der Waals surface area contributed by atoms with Crippen molar-refractivity contribution >= 4 is 11.6 Å². The van der Waals surface area contributed by atoms with Crippen LogP contribution in [0.25, 0.3) is 0 Å². The molecule has 1 aromatic carbocycles. The van der Waals surface area contributed by atoms with Crippen molar-refractivity contribution in [2.45, 2.75) is 18.8 Å². The van der Waals surface area contributed by atoms with Crippen molar-refractivity contribution < 1.29 is 14.6 Å². The van der Waals surface area contributed by atoms with Crippen LogP contribution in [0.3, 0.4) is 0 Å². The number of halogens is 1. The van der Waals surface area contributed by atoms with E-state index in [9.17, 15) is 0 Å². The van der Waals surface area contributed by atoms with Gasteiger partial charge in [-0.15, -0.1) is 0 Å². The molecule has 4 heteroatoms. The Balaban J connectivity index is 2.20. The van der Waals surface area contributed by atoms with Crippen LogP contribution < -0.4 is 0 Å². The Labute approximate surface area is 93.6 Å². The molecular formula is C11H13ClO3. The number of benzene rings is 1. The van der Waals surface area contributed by atoms with Crippen molar-refractivity contribution in [2.24, 2.45) is 0 Å². The minimum absolute atomic E-state index is 0.0246. The summed E-state index contributed by atoms with van der Waals surface area (Å²) in [7, 11) is 0. The molecule has 1 aliphatic heterocycles. The third-order valence-electron chi connectivity index (χ3n) is 2.51. The fourth-order valence-corrected chi connectivity index (χ4v) is 1.76. The average molecular weight is 229 g/mol. The summed E-state index contributed by atoms with van der Waals surface area (Å²) >= 11 is 5.80. The Bertz CT molecular complexity index is 338. The van der Waals surface area contributed by atoms with Gasteiger partial charge in [-0.3, -0.25) is 0 Å². The van der Waals surface area contributed by atoms with E-state index in [1.54, 1.807) is 12.1 Å². The molecule has 1 fully saturated rings. The van der Waals surface area contributed by atoms with Gasteiger partial charge in [-0.2, -0.15) is 0 Å². The number of rotatable bonds is 2. The normalized spacial score (nSPS) is 30.7. The van der Waals surface area contributed by atoms with Crippen molar-refractivity contribution in [1.82, 2.24) is 0 Å². The largest absolute Gasteiger partial charge is 0.394 e. The maximum Gasteiger partial charge on any atom is 0.192 e. The maximum atomic E-state index is 8.96. The van der Waals surface area contributed by atoms with Crippen LogP contribution in [0.2, 0.25) is 5.02 Å². The lowest BCUT2D eigenvalue weighted by Gasteiger charge is -2.23. The molecule has 1 N–H and O–H groups in total. The highest BCUT2D eigenvalue weighted by Crippen LogP contribution is 2.33. The van der Waals surface area contributed by atoms with Gasteiger partial charge in [-0.1, -0.05) is 23.7 Å². The molecule has 0 amide bonds. The average Bonchev–Trinajstić information content (AvgIpc) is 2.62. The van der Waals surface area contributed by atoms with Gasteiger partial charge < -0.3 is 14.6 Å². The van der Waals surface area contributed by atoms with E-state index >= 15 is 0 Å². The molecule has 0 aliphatic carbocycles. The lowest BCUT2D eigenvalue weighted by Crippen LogP contribution is -2.24. The van der Waals surface area contributed by atoms with Gasteiger partial charge in [0.1, 0.15) is 6.10 Å². The van der Waals surface area contributed by atoms with Crippen LogP contribution in [0.5, 0.6) is 0 Å². The fourth-order valence-electron chi connectivity index (χ4n) is 1.63. The molecule has 0 bridgehead atoms. The predicted molar refractivity (Wildman–Crippen MR) is 56.7 cm³/mol. The van der Waals surface area contributed by atoms with E-state index in [1.807, 2.05) is 19.1 Å². The first-order valence-corrected chi connectivity index (χ1v) is 5.20. The topological polar surface area (TPSA) is 38.7 Å². The standard InChI is InChI=1S/C11H13ClO3/c1-11(14-7-10(6-13)15-11)8-2-4-9(12)5-3-8/h2-5,10,13H,6-7H2,1H3/t10-,11-/m1/s1. The number of aliphatic hydroxyl groups excluding tert-OH is 1. The van der Waals surface area contributed by atoms with E-state index in [1.165, 1.54) is 0 Å². The van der Waals surface area contributed by atoms with Gasteiger partial charge in [-0.25, -0.2) is 0 Å². The van der Waals surface area contributed by atoms with Crippen molar-refractivity contribution in [3.05, 3.63) is 34.9 Å². The third-order valence-corrected chi connectivity index (χ3v) is 2.76. The minimum Gasteiger partial charge on any atom is -0.394 e. The molecule has 82 valence electrons. The Morgan fingerprint density at radius 2 is 2.13 bits per heavy atom. The van der Waals surface area contributed by atoms with Gasteiger partial charge in [-0.05, 0) is 19.1 Å². The lowest BCUT2D eigenvalue weighted by molar-refractivity contribution is -0.165. The molecule has 2 rings (SSSR count). The Hall–Kier alpha value is -0.610. The fraction of sp³-hybridized carbons (Fsp3) is 0.455. The molecule has 1 aliphatic rings. The van der Waals surface area contributed by atoms with Gasteiger partial charge in [0.2, 0.25) is 0 Å². The van der Waals surface area contributed by atoms with Crippen molar-refractivity contribution in [2.75, 3.05) is 13.2 Å². The molecular weight excluding hydrogens is 216 g/mol. The molecule has 0 unspecified atom stereocenters. The zero-order valence-corrected chi connectivity index (χ0v) is 9.20. The molecule has 1 aromatic rings. The molecule has 3 nitrogen and oxygen atoms in total. The summed E-state index contributed by atoms with van der Waals surface area (Å²) in [6.07, 6.45) is -0.245. The van der Waals surface area contributed by atoms with Crippen LogP contribution in [0.4, 0.5) is 0 Å². The number of aliphatic hydroxyl groups is 1. The van der Waals surface area contributed by atoms with Crippen molar-refractivity contribution in [3.8, 4) is 0 Å². The SMILES string of the molecule is C[C@@]1(c2ccc(Cl)cc2)OC[C@@H](CO)O1. The zero-order chi connectivity index (χ0) is 10.9. The van der Waals surface area contributed by atoms with Crippen LogP contribution in [-0.2, 0) is 15.3 Å². The Kier molecular flexibility index (Phi) is 2.98. The molecule has 0 radical (unpaired) electrons. The van der Waals surface area contributed by atoms with E-state index < -0.39 is 5.79 Å². The van der Waals surface area contributed by atoms with Crippen molar-refractivity contribution in [1.29, 1.82) is 0 Å². The van der Waals surface area contributed by atoms with E-state index in [2.05, 4.69) is 0 Å². The molecule has 1 heterocycles. The summed E-state index contributed by atoms with van der Waals surface area (Å²) < 4.78 is 11.2. The van der Waals surface area contributed by atoms with Crippen LogP contribution in [0, 0.1) is 0 Å². The molecule has 2 atom stereocenters. The van der Waals surface area contributed by atoms with Crippen LogP contribution >= 0.6 is 11.6 Å². The second-order valence-corrected chi connectivity index (χ2v) is 4.12. The second kappa shape index (κ2) is 4.10. The number of hydrogen-bond donors (Lipinski definition) is 1. The van der Waals surface area contributed by atoms with Gasteiger partial charge in [0.05, 0.1) is 13.2 Å². The van der Waals surface area contributed by atoms with Crippen molar-refractivity contribution in [3.63, 3.8) is 0 Å². The number of ether oxygens (including phenoxy) is 2. The van der Waals surface area contributed by atoms with E-state index in [0.29, 0.717) is 11.6 Å². The summed E-state index contributed by atoms with van der Waals surface area (Å²) in [5.74, 6) is -0.766. The Morgan fingerprint density at radius 1 is 1.47 bits per heavy atom. The van der Waals surface area contributed by atoms with E-state index in [0.717, 1.165) is 5.56 Å². The Morgan fingerprint density at radius 3 is 2.67 bits per heavy atom. The van der Waals surface area contributed by atoms with Gasteiger partial charge in [0, 0.05) is 10.6 Å². The van der Waals surface area contributed by atoms with Gasteiger partial charge >= 0.3 is 0 Å². The summed E-state index contributed by atoms with van der Waals surface area (Å²) in [5.41, 5.74) is 0.905. The summed E-state index contributed by atoms with van der Waals surface area (Å²) in [5, 5.41) is 9.64. The maximum absolute atomic E-state index is 8.96. The summed E-state index contributed by atoms with van der Waals surface area (Å²) in [4.78, 5) is 0. The quantitative estimate of drug-likeness (QED) is 0.841. The highest BCUT2D eigenvalue weighted by atomic mass is 35.5. The first-order chi connectivity index (χ1) is 7.14. The number of hydrogen-bond acceptors (Lipinski definition) is 3. The molecule has 0 spiro atoms. The molecule has 1 saturated heterocycles. The predicted octanol–water partition coefficient (Wildman–Crippen LogP) is 1.92. The third kappa shape index (κ3) is 2.16. The molecule has 15 heavy (non-hydrogen) atoms. The van der Waals surface area contributed by atoms with Gasteiger partial charge in [0.25, 0.3) is 0 Å². The smallest absolute Gasteiger partial charge is 0.192 e. The second-order valence-electron chi connectivity index (χ2n) is 3.69. The summed E-state index contributed by atoms with van der Waals surface area (Å²) in [6.45, 7) is 2.23. The van der Waals surface area contributed by atoms with E-state index in [-0.39, 0.29) is 12.7 Å². The molecule has 0 saturated carbocycles.